The normalized spacial score (nSPS) is 11.3. The highest BCUT2D eigenvalue weighted by atomic mass is 19.1. The standard InChI is InChI=1S/C12H16FNO3/c1-4-12(2,3)17-10-6-8(13)7(11(15)16)5-9(10)14/h5-6H,4,14H2,1-3H3,(H,15,16). The smallest absolute Gasteiger partial charge is 0.338 e. The molecule has 0 aliphatic heterocycles. The van der Waals surface area contributed by atoms with Crippen LogP contribution in [0.5, 0.6) is 5.75 Å². The first-order valence-corrected chi connectivity index (χ1v) is 5.28. The number of rotatable bonds is 4. The fourth-order valence-corrected chi connectivity index (χ4v) is 1.19. The summed E-state index contributed by atoms with van der Waals surface area (Å²) in [5.74, 6) is -2.04. The maximum absolute atomic E-state index is 13.4. The van der Waals surface area contributed by atoms with Crippen molar-refractivity contribution in [2.24, 2.45) is 0 Å². The van der Waals surface area contributed by atoms with Gasteiger partial charge in [-0.05, 0) is 26.3 Å². The Morgan fingerprint density at radius 3 is 2.59 bits per heavy atom. The summed E-state index contributed by atoms with van der Waals surface area (Å²) in [6, 6.07) is 2.08. The molecule has 1 aromatic carbocycles. The van der Waals surface area contributed by atoms with E-state index in [2.05, 4.69) is 0 Å². The molecule has 0 aromatic heterocycles. The molecule has 17 heavy (non-hydrogen) atoms. The molecular weight excluding hydrogens is 225 g/mol. The van der Waals surface area contributed by atoms with Crippen LogP contribution in [-0.4, -0.2) is 16.7 Å². The monoisotopic (exact) mass is 241 g/mol. The molecule has 0 atom stereocenters. The maximum atomic E-state index is 13.4. The predicted octanol–water partition coefficient (Wildman–Crippen LogP) is 2.67. The third-order valence-corrected chi connectivity index (χ3v) is 2.57. The highest BCUT2D eigenvalue weighted by molar-refractivity contribution is 5.89. The molecule has 94 valence electrons. The zero-order chi connectivity index (χ0) is 13.2. The highest BCUT2D eigenvalue weighted by Crippen LogP contribution is 2.29. The molecule has 1 rings (SSSR count). The highest BCUT2D eigenvalue weighted by Gasteiger charge is 2.21. The number of anilines is 1. The van der Waals surface area contributed by atoms with Gasteiger partial charge in [0, 0.05) is 6.07 Å². The molecule has 4 nitrogen and oxygen atoms in total. The molecule has 0 radical (unpaired) electrons. The van der Waals surface area contributed by atoms with Gasteiger partial charge >= 0.3 is 5.97 Å². The zero-order valence-electron chi connectivity index (χ0n) is 10.1. The first-order valence-electron chi connectivity index (χ1n) is 5.28. The van der Waals surface area contributed by atoms with Crippen molar-refractivity contribution in [3.63, 3.8) is 0 Å². The van der Waals surface area contributed by atoms with E-state index in [0.717, 1.165) is 18.6 Å². The topological polar surface area (TPSA) is 72.5 Å². The van der Waals surface area contributed by atoms with Gasteiger partial charge in [-0.1, -0.05) is 6.92 Å². The number of hydrogen-bond acceptors (Lipinski definition) is 3. The van der Waals surface area contributed by atoms with E-state index in [9.17, 15) is 9.18 Å². The lowest BCUT2D eigenvalue weighted by Gasteiger charge is -2.25. The van der Waals surface area contributed by atoms with Gasteiger partial charge in [0.05, 0.1) is 11.3 Å². The average Bonchev–Trinajstić information content (AvgIpc) is 2.22. The van der Waals surface area contributed by atoms with Crippen molar-refractivity contribution < 1.29 is 19.0 Å². The molecule has 5 heteroatoms. The van der Waals surface area contributed by atoms with E-state index in [1.807, 2.05) is 20.8 Å². The first kappa shape index (κ1) is 13.3. The average molecular weight is 241 g/mol. The van der Waals surface area contributed by atoms with Crippen LogP contribution in [0.15, 0.2) is 12.1 Å². The molecule has 0 unspecified atom stereocenters. The minimum absolute atomic E-state index is 0.116. The van der Waals surface area contributed by atoms with Crippen molar-refractivity contribution in [3.05, 3.63) is 23.5 Å². The SMILES string of the molecule is CCC(C)(C)Oc1cc(F)c(C(=O)O)cc1N. The van der Waals surface area contributed by atoms with Crippen molar-refractivity contribution in [1.82, 2.24) is 0 Å². The Hall–Kier alpha value is -1.78. The molecular formula is C12H16FNO3. The second-order valence-corrected chi connectivity index (χ2v) is 4.39. The summed E-state index contributed by atoms with van der Waals surface area (Å²) in [5.41, 5.74) is 4.82. The molecule has 0 saturated heterocycles. The number of nitrogen functional groups attached to an aromatic ring is 1. The summed E-state index contributed by atoms with van der Waals surface area (Å²) in [5, 5.41) is 8.72. The molecule has 3 N–H and O–H groups in total. The van der Waals surface area contributed by atoms with Crippen LogP contribution >= 0.6 is 0 Å². The third-order valence-electron chi connectivity index (χ3n) is 2.57. The van der Waals surface area contributed by atoms with Crippen LogP contribution in [0.2, 0.25) is 0 Å². The summed E-state index contributed by atoms with van der Waals surface area (Å²) < 4.78 is 19.0. The number of hydrogen-bond donors (Lipinski definition) is 2. The van der Waals surface area contributed by atoms with E-state index >= 15 is 0 Å². The van der Waals surface area contributed by atoms with Crippen molar-refractivity contribution in [3.8, 4) is 5.75 Å². The molecule has 0 fully saturated rings. The predicted molar refractivity (Wildman–Crippen MR) is 62.8 cm³/mol. The van der Waals surface area contributed by atoms with Crippen LogP contribution in [0.4, 0.5) is 10.1 Å². The van der Waals surface area contributed by atoms with Gasteiger partial charge in [0.2, 0.25) is 0 Å². The van der Waals surface area contributed by atoms with Crippen LogP contribution in [0.1, 0.15) is 37.6 Å². The van der Waals surface area contributed by atoms with Gasteiger partial charge in [0.15, 0.2) is 0 Å². The Labute approximate surface area is 99.2 Å². The Kier molecular flexibility index (Phi) is 3.60. The second-order valence-electron chi connectivity index (χ2n) is 4.39. The summed E-state index contributed by atoms with van der Waals surface area (Å²) in [6.07, 6.45) is 0.717. The fraction of sp³-hybridized carbons (Fsp3) is 0.417. The third kappa shape index (κ3) is 3.09. The van der Waals surface area contributed by atoms with Crippen LogP contribution in [-0.2, 0) is 0 Å². The Balaban J connectivity index is 3.12. The fourth-order valence-electron chi connectivity index (χ4n) is 1.19. The molecule has 1 aromatic rings. The van der Waals surface area contributed by atoms with E-state index in [1.165, 1.54) is 0 Å². The van der Waals surface area contributed by atoms with Gasteiger partial charge in [0.1, 0.15) is 17.2 Å². The summed E-state index contributed by atoms with van der Waals surface area (Å²) >= 11 is 0. The number of carboxylic acids is 1. The Morgan fingerprint density at radius 2 is 2.12 bits per heavy atom. The van der Waals surface area contributed by atoms with E-state index in [0.29, 0.717) is 0 Å². The number of benzene rings is 1. The molecule has 0 amide bonds. The lowest BCUT2D eigenvalue weighted by Crippen LogP contribution is -2.27. The van der Waals surface area contributed by atoms with Gasteiger partial charge in [-0.15, -0.1) is 0 Å². The van der Waals surface area contributed by atoms with Gasteiger partial charge in [-0.3, -0.25) is 0 Å². The number of ether oxygens (including phenoxy) is 1. The second kappa shape index (κ2) is 4.61. The largest absolute Gasteiger partial charge is 0.486 e. The quantitative estimate of drug-likeness (QED) is 0.795. The van der Waals surface area contributed by atoms with Gasteiger partial charge in [-0.25, -0.2) is 9.18 Å². The summed E-state index contributed by atoms with van der Waals surface area (Å²) in [4.78, 5) is 10.7. The minimum Gasteiger partial charge on any atom is -0.486 e. The van der Waals surface area contributed by atoms with Crippen LogP contribution < -0.4 is 10.5 Å². The number of halogens is 1. The summed E-state index contributed by atoms with van der Waals surface area (Å²) in [7, 11) is 0. The molecule has 0 saturated carbocycles. The van der Waals surface area contributed by atoms with Crippen molar-refractivity contribution >= 4 is 11.7 Å². The Morgan fingerprint density at radius 1 is 1.53 bits per heavy atom. The molecule has 0 spiro atoms. The number of carbonyl (C=O) groups is 1. The van der Waals surface area contributed by atoms with E-state index in [4.69, 9.17) is 15.6 Å². The van der Waals surface area contributed by atoms with E-state index < -0.39 is 23.0 Å². The summed E-state index contributed by atoms with van der Waals surface area (Å²) in [6.45, 7) is 5.61. The Bertz CT molecular complexity index is 444. The molecule has 0 bridgehead atoms. The first-order chi connectivity index (χ1) is 7.76. The minimum atomic E-state index is -1.35. The zero-order valence-corrected chi connectivity index (χ0v) is 10.1. The van der Waals surface area contributed by atoms with Crippen molar-refractivity contribution in [2.45, 2.75) is 32.8 Å². The van der Waals surface area contributed by atoms with Gasteiger partial charge in [0.25, 0.3) is 0 Å². The lowest BCUT2D eigenvalue weighted by molar-refractivity contribution is 0.0691. The molecule has 0 aliphatic rings. The molecule has 0 heterocycles. The lowest BCUT2D eigenvalue weighted by atomic mass is 10.1. The maximum Gasteiger partial charge on any atom is 0.338 e. The van der Waals surface area contributed by atoms with E-state index in [1.54, 1.807) is 0 Å². The van der Waals surface area contributed by atoms with Crippen molar-refractivity contribution in [2.75, 3.05) is 5.73 Å². The van der Waals surface area contributed by atoms with Gasteiger partial charge < -0.3 is 15.6 Å². The van der Waals surface area contributed by atoms with Crippen LogP contribution in [0, 0.1) is 5.82 Å². The van der Waals surface area contributed by atoms with Crippen LogP contribution in [0.3, 0.4) is 0 Å². The number of nitrogens with two attached hydrogens (primary N) is 1. The van der Waals surface area contributed by atoms with Crippen LogP contribution in [0.25, 0.3) is 0 Å². The van der Waals surface area contributed by atoms with E-state index in [-0.39, 0.29) is 11.4 Å². The van der Waals surface area contributed by atoms with Gasteiger partial charge in [-0.2, -0.15) is 0 Å². The van der Waals surface area contributed by atoms with Crippen molar-refractivity contribution in [1.29, 1.82) is 0 Å². The molecule has 0 aliphatic carbocycles. The number of aromatic carboxylic acids is 1. The number of carboxylic acid groups (broad SMARTS) is 1.